The van der Waals surface area contributed by atoms with Gasteiger partial charge in [0, 0.05) is 27.6 Å². The molecule has 1 saturated carbocycles. The van der Waals surface area contributed by atoms with Crippen LogP contribution < -0.4 is 10.2 Å². The highest BCUT2D eigenvalue weighted by molar-refractivity contribution is 14.1. The molecule has 3 aromatic rings. The van der Waals surface area contributed by atoms with Crippen molar-refractivity contribution in [3.63, 3.8) is 0 Å². The van der Waals surface area contributed by atoms with Crippen molar-refractivity contribution in [3.05, 3.63) is 86.0 Å². The molecular formula is C28H19F11IN3O2. The van der Waals surface area contributed by atoms with Crippen LogP contribution in [0.25, 0.3) is 0 Å². The molecule has 0 unspecified atom stereocenters. The molecule has 1 fully saturated rings. The summed E-state index contributed by atoms with van der Waals surface area (Å²) < 4.78 is 151. The Kier molecular flexibility index (Phi) is 9.18. The number of nitrogens with zero attached hydrogens (tertiary/aromatic N) is 2. The summed E-state index contributed by atoms with van der Waals surface area (Å²) in [6.07, 6.45) is -16.4. The van der Waals surface area contributed by atoms with Crippen LogP contribution >= 0.6 is 22.6 Å². The maximum absolute atomic E-state index is 15.8. The Bertz CT molecular complexity index is 1600. The number of benzene rings is 2. The third-order valence-corrected chi connectivity index (χ3v) is 7.72. The maximum atomic E-state index is 15.8. The minimum Gasteiger partial charge on any atom is -0.320 e. The predicted octanol–water partition coefficient (Wildman–Crippen LogP) is 8.75. The monoisotopic (exact) mass is 765 g/mol. The standard InChI is InChI=1S/C28H19F11IN3O2/c1-13-5-8-15(11-41-13)24(45)43(12-14-6-7-14)20-4-2-3-17(21(20)29)23(44)42-22-18(26(31,32)33)9-16(10-19(22)40)25(30,27(34,35)36)28(37,38)39/h2-5,8-11,14H,6-7,12H2,1H3,(H,42,44). The molecule has 4 rings (SSSR count). The zero-order chi connectivity index (χ0) is 33.7. The summed E-state index contributed by atoms with van der Waals surface area (Å²) in [6, 6.07) is 5.22. The van der Waals surface area contributed by atoms with E-state index in [1.54, 1.807) is 12.2 Å². The van der Waals surface area contributed by atoms with E-state index in [0.29, 0.717) is 5.69 Å². The molecule has 1 aromatic heterocycles. The first kappa shape index (κ1) is 34.4. The van der Waals surface area contributed by atoms with Gasteiger partial charge < -0.3 is 10.2 Å². The van der Waals surface area contributed by atoms with Crippen LogP contribution in [0.1, 0.15) is 50.4 Å². The van der Waals surface area contributed by atoms with Gasteiger partial charge in [0.2, 0.25) is 0 Å². The number of carbonyl (C=O) groups is 2. The van der Waals surface area contributed by atoms with E-state index in [2.05, 4.69) is 4.98 Å². The van der Waals surface area contributed by atoms with Crippen molar-refractivity contribution < 1.29 is 57.9 Å². The number of rotatable bonds is 7. The lowest BCUT2D eigenvalue weighted by atomic mass is 9.92. The number of anilines is 2. The third kappa shape index (κ3) is 6.86. The summed E-state index contributed by atoms with van der Waals surface area (Å²) >= 11 is 0.896. The average Bonchev–Trinajstić information content (AvgIpc) is 3.75. The highest BCUT2D eigenvalue weighted by atomic mass is 127. The van der Waals surface area contributed by atoms with Crippen molar-refractivity contribution in [2.24, 2.45) is 5.92 Å². The van der Waals surface area contributed by atoms with Crippen LogP contribution in [0.5, 0.6) is 0 Å². The van der Waals surface area contributed by atoms with E-state index in [4.69, 9.17) is 0 Å². The summed E-state index contributed by atoms with van der Waals surface area (Å²) in [6.45, 7) is 1.69. The number of hydrogen-bond acceptors (Lipinski definition) is 3. The molecule has 2 aromatic carbocycles. The number of hydrogen-bond donors (Lipinski definition) is 1. The SMILES string of the molecule is Cc1ccc(C(=O)N(CC2CC2)c2cccc(C(=O)Nc3c(I)cc(C(F)(C(F)(F)F)C(F)(F)F)cc3C(F)(F)F)c2F)cn1. The number of aromatic nitrogens is 1. The Morgan fingerprint density at radius 1 is 0.956 bits per heavy atom. The lowest BCUT2D eigenvalue weighted by molar-refractivity contribution is -0.348. The molecule has 0 radical (unpaired) electrons. The van der Waals surface area contributed by atoms with Crippen LogP contribution in [-0.2, 0) is 11.8 Å². The Labute approximate surface area is 260 Å². The quantitative estimate of drug-likeness (QED) is 0.194. The summed E-state index contributed by atoms with van der Waals surface area (Å²) in [5, 5.41) is 1.68. The molecule has 0 spiro atoms. The van der Waals surface area contributed by atoms with Gasteiger partial charge >= 0.3 is 24.2 Å². The van der Waals surface area contributed by atoms with Gasteiger partial charge in [-0.25, -0.2) is 8.78 Å². The van der Waals surface area contributed by atoms with Crippen LogP contribution in [0.4, 0.5) is 59.7 Å². The topological polar surface area (TPSA) is 62.3 Å². The first-order valence-electron chi connectivity index (χ1n) is 12.7. The van der Waals surface area contributed by atoms with E-state index in [0.717, 1.165) is 58.5 Å². The van der Waals surface area contributed by atoms with Crippen molar-refractivity contribution in [1.29, 1.82) is 0 Å². The Balaban J connectivity index is 1.76. The minimum atomic E-state index is -6.70. The number of alkyl halides is 10. The fraction of sp³-hybridized carbons (Fsp3) is 0.321. The fourth-order valence-electron chi connectivity index (χ4n) is 4.33. The zero-order valence-corrected chi connectivity index (χ0v) is 24.7. The molecule has 2 amide bonds. The molecule has 45 heavy (non-hydrogen) atoms. The van der Waals surface area contributed by atoms with Crippen LogP contribution in [0.3, 0.4) is 0 Å². The molecule has 1 aliphatic rings. The molecule has 0 atom stereocenters. The highest BCUT2D eigenvalue weighted by Gasteiger charge is 2.73. The Morgan fingerprint density at radius 3 is 2.09 bits per heavy atom. The van der Waals surface area contributed by atoms with Crippen molar-refractivity contribution in [1.82, 2.24) is 4.98 Å². The first-order chi connectivity index (χ1) is 20.7. The smallest absolute Gasteiger partial charge is 0.320 e. The number of amides is 2. The fourth-order valence-corrected chi connectivity index (χ4v) is 5.09. The van der Waals surface area contributed by atoms with E-state index in [1.165, 1.54) is 18.3 Å². The van der Waals surface area contributed by atoms with Gasteiger partial charge in [-0.05, 0) is 84.7 Å². The van der Waals surface area contributed by atoms with Gasteiger partial charge in [0.25, 0.3) is 11.8 Å². The predicted molar refractivity (Wildman–Crippen MR) is 147 cm³/mol. The van der Waals surface area contributed by atoms with Crippen molar-refractivity contribution in [3.8, 4) is 0 Å². The molecular weight excluding hydrogens is 746 g/mol. The van der Waals surface area contributed by atoms with Gasteiger partial charge in [-0.3, -0.25) is 14.6 Å². The molecule has 0 bridgehead atoms. The molecule has 0 aliphatic heterocycles. The third-order valence-electron chi connectivity index (χ3n) is 6.87. The van der Waals surface area contributed by atoms with Crippen molar-refractivity contribution in [2.45, 2.75) is 44.0 Å². The Hall–Kier alpha value is -3.51. The zero-order valence-electron chi connectivity index (χ0n) is 22.6. The molecule has 1 aliphatic carbocycles. The van der Waals surface area contributed by atoms with Gasteiger partial charge in [-0.2, -0.15) is 39.5 Å². The second-order valence-electron chi connectivity index (χ2n) is 10.2. The maximum Gasteiger partial charge on any atom is 0.435 e. The molecule has 17 heteroatoms. The lowest BCUT2D eigenvalue weighted by Gasteiger charge is -2.31. The van der Waals surface area contributed by atoms with Crippen molar-refractivity contribution in [2.75, 3.05) is 16.8 Å². The molecule has 5 nitrogen and oxygen atoms in total. The Morgan fingerprint density at radius 2 is 1.58 bits per heavy atom. The van der Waals surface area contributed by atoms with E-state index in [-0.39, 0.29) is 24.1 Å². The highest BCUT2D eigenvalue weighted by Crippen LogP contribution is 2.55. The van der Waals surface area contributed by atoms with E-state index < -0.39 is 79.5 Å². The molecule has 242 valence electrons. The van der Waals surface area contributed by atoms with Crippen LogP contribution in [0.15, 0.2) is 48.7 Å². The lowest BCUT2D eigenvalue weighted by Crippen LogP contribution is -2.50. The molecule has 1 N–H and O–H groups in total. The van der Waals surface area contributed by atoms with Crippen LogP contribution in [0.2, 0.25) is 0 Å². The first-order valence-corrected chi connectivity index (χ1v) is 13.8. The molecule has 0 saturated heterocycles. The summed E-state index contributed by atoms with van der Waals surface area (Å²) in [4.78, 5) is 31.4. The van der Waals surface area contributed by atoms with Gasteiger partial charge in [0.05, 0.1) is 28.1 Å². The van der Waals surface area contributed by atoms with Crippen LogP contribution in [-0.4, -0.2) is 35.7 Å². The normalized spacial score (nSPS) is 14.3. The molecule has 1 heterocycles. The van der Waals surface area contributed by atoms with Crippen LogP contribution in [0, 0.1) is 22.2 Å². The number of nitrogens with one attached hydrogen (secondary N) is 1. The van der Waals surface area contributed by atoms with Gasteiger partial charge in [-0.15, -0.1) is 0 Å². The number of halogens is 12. The van der Waals surface area contributed by atoms with Gasteiger partial charge in [-0.1, -0.05) is 6.07 Å². The van der Waals surface area contributed by atoms with E-state index in [1.807, 2.05) is 0 Å². The summed E-state index contributed by atoms with van der Waals surface area (Å²) in [5.41, 5.74) is -12.9. The van der Waals surface area contributed by atoms with E-state index in [9.17, 15) is 53.5 Å². The minimum absolute atomic E-state index is 0.00491. The van der Waals surface area contributed by atoms with E-state index >= 15 is 4.39 Å². The second-order valence-corrected chi connectivity index (χ2v) is 11.3. The number of pyridine rings is 1. The van der Waals surface area contributed by atoms with Gasteiger partial charge in [0.15, 0.2) is 5.82 Å². The second kappa shape index (κ2) is 12.0. The largest absolute Gasteiger partial charge is 0.435 e. The number of aryl methyl sites for hydroxylation is 1. The summed E-state index contributed by atoms with van der Waals surface area (Å²) in [5.74, 6) is -3.63. The average molecular weight is 765 g/mol. The van der Waals surface area contributed by atoms with Gasteiger partial charge in [0.1, 0.15) is 0 Å². The van der Waals surface area contributed by atoms with Crippen molar-refractivity contribution >= 4 is 45.8 Å². The number of carbonyl (C=O) groups excluding carboxylic acids is 2. The summed E-state index contributed by atoms with van der Waals surface area (Å²) in [7, 11) is 0.